The maximum Gasteiger partial charge on any atom is 0.281 e. The number of nitrogens with one attached hydrogen (secondary N) is 1. The summed E-state index contributed by atoms with van der Waals surface area (Å²) in [7, 11) is -3.80. The predicted molar refractivity (Wildman–Crippen MR) is 96.9 cm³/mol. The third-order valence-electron chi connectivity index (χ3n) is 3.26. The minimum Gasteiger partial charge on any atom is -0.370 e. The fourth-order valence-corrected chi connectivity index (χ4v) is 3.33. The highest BCUT2D eigenvalue weighted by atomic mass is 35.5. The van der Waals surface area contributed by atoms with Crippen LogP contribution in [0.5, 0.6) is 0 Å². The zero-order chi connectivity index (χ0) is 18.4. The molecule has 0 spiro atoms. The maximum atomic E-state index is 12.4. The van der Waals surface area contributed by atoms with Crippen LogP contribution in [0.1, 0.15) is 15.9 Å². The Bertz CT molecular complexity index is 895. The zero-order valence-corrected chi connectivity index (χ0v) is 14.7. The van der Waals surface area contributed by atoms with Gasteiger partial charge in [-0.2, -0.15) is 4.99 Å². The first-order chi connectivity index (χ1) is 11.8. The van der Waals surface area contributed by atoms with E-state index in [2.05, 4.69) is 9.71 Å². The van der Waals surface area contributed by atoms with Gasteiger partial charge >= 0.3 is 0 Å². The number of aliphatic imine (C=N–C) groups is 1. The molecule has 0 saturated heterocycles. The zero-order valence-electron chi connectivity index (χ0n) is 13.1. The van der Waals surface area contributed by atoms with Gasteiger partial charge in [0.15, 0.2) is 5.96 Å². The molecule has 0 saturated carbocycles. The largest absolute Gasteiger partial charge is 0.370 e. The molecule has 0 aliphatic carbocycles. The summed E-state index contributed by atoms with van der Waals surface area (Å²) in [5, 5.41) is 0.0539. The van der Waals surface area contributed by atoms with Gasteiger partial charge in [0.1, 0.15) is 0 Å². The molecule has 5 N–H and O–H groups in total. The van der Waals surface area contributed by atoms with Crippen LogP contribution in [0.15, 0.2) is 58.4 Å². The van der Waals surface area contributed by atoms with Gasteiger partial charge in [0.2, 0.25) is 10.0 Å². The standard InChI is InChI=1S/C16H17ClN4O3S/c17-14-7-6-12(10-13(14)15(22)21-16(18)19)25(23,24)20-9-8-11-4-2-1-3-5-11/h1-7,10,20H,8-9H2,(H4,18,19,21,22). The molecular formula is C16H17ClN4O3S. The van der Waals surface area contributed by atoms with Crippen molar-refractivity contribution < 1.29 is 13.2 Å². The van der Waals surface area contributed by atoms with Crippen LogP contribution < -0.4 is 16.2 Å². The monoisotopic (exact) mass is 380 g/mol. The molecule has 0 fully saturated rings. The Morgan fingerprint density at radius 3 is 2.44 bits per heavy atom. The van der Waals surface area contributed by atoms with Crippen molar-refractivity contribution in [3.05, 3.63) is 64.7 Å². The molecule has 0 unspecified atom stereocenters. The van der Waals surface area contributed by atoms with Gasteiger partial charge in [0.05, 0.1) is 15.5 Å². The number of nitrogens with two attached hydrogens (primary N) is 2. The minimum absolute atomic E-state index is 0.0539. The molecule has 7 nitrogen and oxygen atoms in total. The summed E-state index contributed by atoms with van der Waals surface area (Å²) in [6.07, 6.45) is 0.535. The maximum absolute atomic E-state index is 12.4. The first-order valence-electron chi connectivity index (χ1n) is 7.27. The Hall–Kier alpha value is -2.42. The molecule has 9 heteroatoms. The molecule has 0 radical (unpaired) electrons. The van der Waals surface area contributed by atoms with Crippen LogP contribution in [0, 0.1) is 0 Å². The van der Waals surface area contributed by atoms with Crippen molar-refractivity contribution >= 4 is 33.5 Å². The third-order valence-corrected chi connectivity index (χ3v) is 5.05. The number of halogens is 1. The number of nitrogens with zero attached hydrogens (tertiary/aromatic N) is 1. The highest BCUT2D eigenvalue weighted by Crippen LogP contribution is 2.21. The molecule has 1 amide bonds. The van der Waals surface area contributed by atoms with E-state index in [0.717, 1.165) is 11.6 Å². The molecule has 132 valence electrons. The lowest BCUT2D eigenvalue weighted by Crippen LogP contribution is -2.26. The van der Waals surface area contributed by atoms with E-state index in [1.807, 2.05) is 30.3 Å². The van der Waals surface area contributed by atoms with Crippen LogP contribution in [0.3, 0.4) is 0 Å². The molecule has 0 atom stereocenters. The molecule has 2 aromatic rings. The van der Waals surface area contributed by atoms with Gasteiger partial charge < -0.3 is 11.5 Å². The van der Waals surface area contributed by atoms with E-state index in [1.165, 1.54) is 12.1 Å². The molecule has 0 heterocycles. The lowest BCUT2D eigenvalue weighted by atomic mass is 10.2. The fraction of sp³-hybridized carbons (Fsp3) is 0.125. The second-order valence-corrected chi connectivity index (χ2v) is 7.29. The summed E-state index contributed by atoms with van der Waals surface area (Å²) in [4.78, 5) is 15.2. The number of hydrogen-bond acceptors (Lipinski definition) is 3. The van der Waals surface area contributed by atoms with Crippen LogP contribution in [-0.4, -0.2) is 26.8 Å². The first-order valence-corrected chi connectivity index (χ1v) is 9.13. The number of carbonyl (C=O) groups excluding carboxylic acids is 1. The average Bonchev–Trinajstić information content (AvgIpc) is 2.55. The summed E-state index contributed by atoms with van der Waals surface area (Å²) >= 11 is 5.92. The van der Waals surface area contributed by atoms with Crippen molar-refractivity contribution in [1.29, 1.82) is 0 Å². The number of amides is 1. The van der Waals surface area contributed by atoms with Crippen molar-refractivity contribution in [2.45, 2.75) is 11.3 Å². The highest BCUT2D eigenvalue weighted by molar-refractivity contribution is 7.89. The van der Waals surface area contributed by atoms with Crippen molar-refractivity contribution in [2.75, 3.05) is 6.54 Å². The summed E-state index contributed by atoms with van der Waals surface area (Å²) < 4.78 is 27.2. The lowest BCUT2D eigenvalue weighted by molar-refractivity contribution is 0.100. The van der Waals surface area contributed by atoms with E-state index in [0.29, 0.717) is 6.42 Å². The van der Waals surface area contributed by atoms with Gasteiger partial charge in [0.25, 0.3) is 5.91 Å². The van der Waals surface area contributed by atoms with Gasteiger partial charge in [-0.1, -0.05) is 41.9 Å². The molecule has 0 aliphatic heterocycles. The summed E-state index contributed by atoms with van der Waals surface area (Å²) in [5.74, 6) is -1.25. The fourth-order valence-electron chi connectivity index (χ4n) is 2.07. The van der Waals surface area contributed by atoms with E-state index < -0.39 is 21.9 Å². The number of hydrogen-bond donors (Lipinski definition) is 3. The highest BCUT2D eigenvalue weighted by Gasteiger charge is 2.18. The molecule has 2 aromatic carbocycles. The van der Waals surface area contributed by atoms with Crippen LogP contribution >= 0.6 is 11.6 Å². The summed E-state index contributed by atoms with van der Waals surface area (Å²) in [5.41, 5.74) is 11.2. The summed E-state index contributed by atoms with van der Waals surface area (Å²) in [6, 6.07) is 13.2. The Morgan fingerprint density at radius 2 is 1.80 bits per heavy atom. The van der Waals surface area contributed by atoms with Crippen LogP contribution in [0.25, 0.3) is 0 Å². The van der Waals surface area contributed by atoms with Gasteiger partial charge in [-0.25, -0.2) is 13.1 Å². The third kappa shape index (κ3) is 5.28. The van der Waals surface area contributed by atoms with E-state index in [9.17, 15) is 13.2 Å². The number of carbonyl (C=O) groups is 1. The Morgan fingerprint density at radius 1 is 1.12 bits per heavy atom. The van der Waals surface area contributed by atoms with E-state index in [-0.39, 0.29) is 22.0 Å². The van der Waals surface area contributed by atoms with E-state index in [4.69, 9.17) is 23.1 Å². The van der Waals surface area contributed by atoms with Gasteiger partial charge in [-0.3, -0.25) is 4.79 Å². The Balaban J connectivity index is 2.16. The quantitative estimate of drug-likeness (QED) is 0.513. The van der Waals surface area contributed by atoms with Crippen molar-refractivity contribution in [1.82, 2.24) is 4.72 Å². The molecule has 2 rings (SSSR count). The molecule has 0 aromatic heterocycles. The molecule has 0 aliphatic rings. The number of sulfonamides is 1. The number of rotatable bonds is 6. The lowest BCUT2D eigenvalue weighted by Gasteiger charge is -2.09. The SMILES string of the molecule is NC(N)=NC(=O)c1cc(S(=O)(=O)NCCc2ccccc2)ccc1Cl. The molecule has 25 heavy (non-hydrogen) atoms. The van der Waals surface area contributed by atoms with Gasteiger partial charge in [-0.05, 0) is 30.2 Å². The number of guanidine groups is 1. The van der Waals surface area contributed by atoms with E-state index >= 15 is 0 Å². The van der Waals surface area contributed by atoms with E-state index in [1.54, 1.807) is 0 Å². The average molecular weight is 381 g/mol. The normalized spacial score (nSPS) is 11.1. The molecular weight excluding hydrogens is 364 g/mol. The smallest absolute Gasteiger partial charge is 0.281 e. The van der Waals surface area contributed by atoms with Crippen LogP contribution in [0.2, 0.25) is 5.02 Å². The Kier molecular flexibility index (Phi) is 6.13. The second-order valence-electron chi connectivity index (χ2n) is 5.12. The minimum atomic E-state index is -3.80. The van der Waals surface area contributed by atoms with Gasteiger partial charge in [-0.15, -0.1) is 0 Å². The van der Waals surface area contributed by atoms with Crippen LogP contribution in [-0.2, 0) is 16.4 Å². The second kappa shape index (κ2) is 8.11. The first kappa shape index (κ1) is 18.9. The topological polar surface area (TPSA) is 128 Å². The predicted octanol–water partition coefficient (Wildman–Crippen LogP) is 1.27. The van der Waals surface area contributed by atoms with Gasteiger partial charge in [0, 0.05) is 6.54 Å². The Labute approximate surface area is 150 Å². The molecule has 0 bridgehead atoms. The van der Waals surface area contributed by atoms with Crippen LogP contribution in [0.4, 0.5) is 0 Å². The van der Waals surface area contributed by atoms with Crippen molar-refractivity contribution in [3.63, 3.8) is 0 Å². The summed E-state index contributed by atoms with van der Waals surface area (Å²) in [6.45, 7) is 0.214. The van der Waals surface area contributed by atoms with Crippen molar-refractivity contribution in [3.8, 4) is 0 Å². The number of benzene rings is 2. The van der Waals surface area contributed by atoms with Crippen molar-refractivity contribution in [2.24, 2.45) is 16.5 Å².